The fourth-order valence-electron chi connectivity index (χ4n) is 7.36. The average molecular weight is 644 g/mol. The van der Waals surface area contributed by atoms with Crippen molar-refractivity contribution in [3.8, 4) is 0 Å². The molecule has 4 amide bonds. The normalized spacial score (nSPS) is 18.6. The van der Waals surface area contributed by atoms with Gasteiger partial charge in [-0.25, -0.2) is 9.59 Å². The monoisotopic (exact) mass is 643 g/mol. The van der Waals surface area contributed by atoms with E-state index in [2.05, 4.69) is 40.3 Å². The molecule has 1 atom stereocenters. The third kappa shape index (κ3) is 7.89. The number of rotatable bonds is 10. The van der Waals surface area contributed by atoms with Crippen LogP contribution in [0.3, 0.4) is 0 Å². The van der Waals surface area contributed by atoms with Crippen molar-refractivity contribution in [2.75, 3.05) is 57.7 Å². The summed E-state index contributed by atoms with van der Waals surface area (Å²) in [6.45, 7) is 10.6. The molecule has 252 valence electrons. The van der Waals surface area contributed by atoms with Gasteiger partial charge in [-0.3, -0.25) is 9.89 Å². The van der Waals surface area contributed by atoms with Crippen LogP contribution in [0.5, 0.6) is 0 Å². The van der Waals surface area contributed by atoms with Crippen LogP contribution >= 0.6 is 0 Å². The highest BCUT2D eigenvalue weighted by Gasteiger charge is 2.35. The van der Waals surface area contributed by atoms with Gasteiger partial charge in [0, 0.05) is 56.3 Å². The zero-order chi connectivity index (χ0) is 32.8. The van der Waals surface area contributed by atoms with Gasteiger partial charge in [0.2, 0.25) is 0 Å². The molecule has 1 aromatic heterocycles. The molecule has 3 aliphatic heterocycles. The number of benzene rings is 2. The highest BCUT2D eigenvalue weighted by molar-refractivity contribution is 5.91. The van der Waals surface area contributed by atoms with E-state index in [0.717, 1.165) is 73.0 Å². The van der Waals surface area contributed by atoms with Gasteiger partial charge >= 0.3 is 12.1 Å². The molecule has 2 N–H and O–H groups in total. The molecule has 0 saturated carbocycles. The highest BCUT2D eigenvalue weighted by atomic mass is 16.6. The van der Waals surface area contributed by atoms with Crippen molar-refractivity contribution in [3.05, 3.63) is 59.8 Å². The number of hydrogen-bond donors (Lipinski definition) is 2. The maximum Gasteiger partial charge on any atom is 0.410 e. The summed E-state index contributed by atoms with van der Waals surface area (Å²) in [6.07, 6.45) is 5.89. The van der Waals surface area contributed by atoms with Gasteiger partial charge < -0.3 is 29.7 Å². The summed E-state index contributed by atoms with van der Waals surface area (Å²) in [5.41, 5.74) is 3.85. The van der Waals surface area contributed by atoms with E-state index in [0.29, 0.717) is 57.9 Å². The number of fused-ring (bicyclic) bond motifs is 2. The number of para-hydroxylation sites is 1. The molecular formula is C36H49N7O4. The number of amides is 4. The molecule has 0 bridgehead atoms. The van der Waals surface area contributed by atoms with Crippen LogP contribution in [0, 0.1) is 5.92 Å². The third-order valence-corrected chi connectivity index (χ3v) is 10.4. The Morgan fingerprint density at radius 3 is 2.49 bits per heavy atom. The number of urea groups is 1. The Hall–Kier alpha value is -4.12. The first-order valence-corrected chi connectivity index (χ1v) is 17.5. The van der Waals surface area contributed by atoms with Crippen LogP contribution in [-0.4, -0.2) is 112 Å². The van der Waals surface area contributed by atoms with Gasteiger partial charge in [0.05, 0.1) is 11.7 Å². The van der Waals surface area contributed by atoms with E-state index in [1.54, 1.807) is 11.1 Å². The predicted octanol–water partition coefficient (Wildman–Crippen LogP) is 5.14. The second-order valence-corrected chi connectivity index (χ2v) is 13.2. The second-order valence-electron chi connectivity index (χ2n) is 13.2. The number of carbonyl (C=O) groups is 3. The number of aromatic amines is 1. The molecule has 0 aliphatic carbocycles. The van der Waals surface area contributed by atoms with E-state index in [-0.39, 0.29) is 18.0 Å². The number of ether oxygens (including phenoxy) is 1. The van der Waals surface area contributed by atoms with Crippen molar-refractivity contribution in [3.63, 3.8) is 0 Å². The standard InChI is InChI=1S/C36H49N7O4/c1-3-40(4-2)17-11-26-12-18-41(19-13-26)34(44)33(24-27-9-10-32-29(23-27)25-37-39-32)47-36(46)42-20-15-30(16-21-42)43-22-14-28-7-5-6-8-31(28)38-35(43)45/h5-10,23,25-26,30,33H,3-4,11-22,24H2,1-2H3,(H,37,39)(H,38,45)/t33-/m1/s1. The minimum Gasteiger partial charge on any atom is -0.436 e. The number of carbonyl (C=O) groups excluding carboxylic acids is 3. The van der Waals surface area contributed by atoms with Crippen LogP contribution in [0.2, 0.25) is 0 Å². The number of piperidine rings is 2. The molecule has 47 heavy (non-hydrogen) atoms. The van der Waals surface area contributed by atoms with Gasteiger partial charge in [0.25, 0.3) is 5.91 Å². The Morgan fingerprint density at radius 2 is 1.72 bits per heavy atom. The molecule has 0 unspecified atom stereocenters. The third-order valence-electron chi connectivity index (χ3n) is 10.4. The summed E-state index contributed by atoms with van der Waals surface area (Å²) < 4.78 is 6.07. The molecule has 3 aliphatic rings. The summed E-state index contributed by atoms with van der Waals surface area (Å²) >= 11 is 0. The van der Waals surface area contributed by atoms with Gasteiger partial charge in [0.1, 0.15) is 0 Å². The average Bonchev–Trinajstić information content (AvgIpc) is 3.50. The zero-order valence-electron chi connectivity index (χ0n) is 27.8. The molecule has 0 radical (unpaired) electrons. The van der Waals surface area contributed by atoms with Crippen molar-refractivity contribution in [1.29, 1.82) is 0 Å². The van der Waals surface area contributed by atoms with Gasteiger partial charge in [-0.15, -0.1) is 0 Å². The lowest BCUT2D eigenvalue weighted by molar-refractivity contribution is -0.142. The molecule has 2 fully saturated rings. The highest BCUT2D eigenvalue weighted by Crippen LogP contribution is 2.26. The van der Waals surface area contributed by atoms with Crippen LogP contribution in [0.25, 0.3) is 10.9 Å². The number of hydrogen-bond acceptors (Lipinski definition) is 6. The Labute approximate surface area is 277 Å². The maximum atomic E-state index is 14.0. The van der Waals surface area contributed by atoms with E-state index in [1.165, 1.54) is 0 Å². The lowest BCUT2D eigenvalue weighted by Gasteiger charge is -2.38. The van der Waals surface area contributed by atoms with Crippen LogP contribution in [-0.2, 0) is 22.4 Å². The number of aromatic nitrogens is 2. The molecule has 6 rings (SSSR count). The van der Waals surface area contributed by atoms with Crippen LogP contribution in [0.15, 0.2) is 48.7 Å². The van der Waals surface area contributed by atoms with Gasteiger partial charge in [-0.1, -0.05) is 38.1 Å². The first-order valence-electron chi connectivity index (χ1n) is 17.5. The number of nitrogens with one attached hydrogen (secondary N) is 2. The Balaban J connectivity index is 1.07. The summed E-state index contributed by atoms with van der Waals surface area (Å²) in [5.74, 6) is 0.481. The summed E-state index contributed by atoms with van der Waals surface area (Å²) in [4.78, 5) is 48.6. The van der Waals surface area contributed by atoms with Crippen LogP contribution in [0.1, 0.15) is 57.1 Å². The number of likely N-dealkylation sites (tertiary alicyclic amines) is 2. The SMILES string of the molecule is CCN(CC)CCC1CCN(C(=O)[C@@H](Cc2ccc3[nH]ncc3c2)OC(=O)N2CCC(N3CCc4ccccc4NC3=O)CC2)CC1. The van der Waals surface area contributed by atoms with Gasteiger partial charge in [0.15, 0.2) is 6.10 Å². The smallest absolute Gasteiger partial charge is 0.410 e. The Kier molecular flexibility index (Phi) is 10.6. The summed E-state index contributed by atoms with van der Waals surface area (Å²) in [5, 5.41) is 11.1. The van der Waals surface area contributed by atoms with Crippen LogP contribution in [0.4, 0.5) is 15.3 Å². The lowest BCUT2D eigenvalue weighted by Crippen LogP contribution is -2.51. The van der Waals surface area contributed by atoms with E-state index < -0.39 is 12.2 Å². The summed E-state index contributed by atoms with van der Waals surface area (Å²) in [6, 6.07) is 13.8. The summed E-state index contributed by atoms with van der Waals surface area (Å²) in [7, 11) is 0. The molecule has 4 heterocycles. The van der Waals surface area contributed by atoms with Crippen molar-refractivity contribution in [2.45, 2.75) is 70.9 Å². The molecule has 2 saturated heterocycles. The van der Waals surface area contributed by atoms with Gasteiger partial charge in [-0.2, -0.15) is 5.10 Å². The van der Waals surface area contributed by atoms with Crippen molar-refractivity contribution in [1.82, 2.24) is 29.8 Å². The van der Waals surface area contributed by atoms with E-state index in [1.807, 2.05) is 46.2 Å². The Bertz CT molecular complexity index is 1520. The molecule has 0 spiro atoms. The predicted molar refractivity (Wildman–Crippen MR) is 182 cm³/mol. The Morgan fingerprint density at radius 1 is 0.979 bits per heavy atom. The van der Waals surface area contributed by atoms with Crippen molar-refractivity contribution < 1.29 is 19.1 Å². The number of anilines is 1. The molecular weight excluding hydrogens is 594 g/mol. The number of nitrogens with zero attached hydrogens (tertiary/aromatic N) is 5. The van der Waals surface area contributed by atoms with Crippen molar-refractivity contribution in [2.24, 2.45) is 5.92 Å². The fourth-order valence-corrected chi connectivity index (χ4v) is 7.36. The maximum absolute atomic E-state index is 14.0. The zero-order valence-corrected chi connectivity index (χ0v) is 27.8. The lowest BCUT2D eigenvalue weighted by atomic mass is 9.92. The molecule has 2 aromatic carbocycles. The van der Waals surface area contributed by atoms with E-state index in [4.69, 9.17) is 4.74 Å². The molecule has 3 aromatic rings. The minimum atomic E-state index is -0.910. The molecule has 11 heteroatoms. The van der Waals surface area contributed by atoms with Gasteiger partial charge in [-0.05, 0) is 93.4 Å². The van der Waals surface area contributed by atoms with E-state index in [9.17, 15) is 14.4 Å². The van der Waals surface area contributed by atoms with Crippen molar-refractivity contribution >= 4 is 34.6 Å². The fraction of sp³-hybridized carbons (Fsp3) is 0.556. The molecule has 11 nitrogen and oxygen atoms in total. The second kappa shape index (κ2) is 15.2. The first-order chi connectivity index (χ1) is 22.9. The first kappa shape index (κ1) is 32.8. The largest absolute Gasteiger partial charge is 0.436 e. The topological polar surface area (TPSA) is 114 Å². The quantitative estimate of drug-likeness (QED) is 0.317. The van der Waals surface area contributed by atoms with E-state index >= 15 is 0 Å². The number of H-pyrrole nitrogens is 1. The van der Waals surface area contributed by atoms with Crippen LogP contribution < -0.4 is 5.32 Å². The minimum absolute atomic E-state index is 0.0375.